The van der Waals surface area contributed by atoms with E-state index in [2.05, 4.69) is 15.6 Å². The molecule has 12 nitrogen and oxygen atoms in total. The van der Waals surface area contributed by atoms with E-state index in [1.807, 2.05) is 6.07 Å². The number of carbonyl (C=O) groups excluding carboxylic acids is 1. The van der Waals surface area contributed by atoms with Crippen LogP contribution >= 0.6 is 0 Å². The monoisotopic (exact) mass is 413 g/mol. The van der Waals surface area contributed by atoms with Gasteiger partial charge in [-0.25, -0.2) is 10.6 Å². The fourth-order valence-corrected chi connectivity index (χ4v) is 2.60. The number of aromatic nitrogens is 2. The van der Waals surface area contributed by atoms with E-state index in [0.29, 0.717) is 12.1 Å². The number of benzene rings is 2. The van der Waals surface area contributed by atoms with Gasteiger partial charge in [-0.15, -0.1) is 5.23 Å². The van der Waals surface area contributed by atoms with E-state index in [-0.39, 0.29) is 16.5 Å². The Hall–Kier alpha value is -4.29. The SMILES string of the molecule is O=C(N/N=C/c1cc(N(O)O)cc([N+](=O)O)c1O)c1cccc(Cn2cccn2)c1. The molecule has 5 N–H and O–H groups in total. The van der Waals surface area contributed by atoms with Crippen molar-refractivity contribution < 1.29 is 30.4 Å². The second-order valence-corrected chi connectivity index (χ2v) is 6.07. The fraction of sp³-hybridized carbons (Fsp3) is 0.0556. The van der Waals surface area contributed by atoms with Crippen molar-refractivity contribution in [2.45, 2.75) is 6.54 Å². The van der Waals surface area contributed by atoms with Crippen LogP contribution in [0.3, 0.4) is 0 Å². The Bertz CT molecular complexity index is 1100. The summed E-state index contributed by atoms with van der Waals surface area (Å²) in [5.74, 6) is -1.22. The zero-order valence-electron chi connectivity index (χ0n) is 15.3. The molecule has 0 saturated carbocycles. The van der Waals surface area contributed by atoms with Gasteiger partial charge in [0.25, 0.3) is 10.8 Å². The molecular weight excluding hydrogens is 396 g/mol. The van der Waals surface area contributed by atoms with Gasteiger partial charge in [-0.2, -0.15) is 10.2 Å². The van der Waals surface area contributed by atoms with Crippen LogP contribution in [0.25, 0.3) is 0 Å². The number of nitrogens with zero attached hydrogens (tertiary/aromatic N) is 5. The summed E-state index contributed by atoms with van der Waals surface area (Å²) in [6.07, 6.45) is 4.42. The number of nitrogens with one attached hydrogen (secondary N) is 1. The Balaban J connectivity index is 1.75. The summed E-state index contributed by atoms with van der Waals surface area (Å²) in [6.45, 7) is 0.479. The molecule has 0 aliphatic rings. The number of hydrogen-bond donors (Lipinski definition) is 5. The number of hydrazone groups is 1. The summed E-state index contributed by atoms with van der Waals surface area (Å²) in [6, 6.07) is 10.5. The van der Waals surface area contributed by atoms with Gasteiger partial charge in [0.05, 0.1) is 23.7 Å². The normalized spacial score (nSPS) is 10.9. The fourth-order valence-electron chi connectivity index (χ4n) is 2.60. The molecule has 0 spiro atoms. The first-order valence-electron chi connectivity index (χ1n) is 8.46. The molecule has 0 bridgehead atoms. The number of phenolic OH excluding ortho intramolecular Hbond substituents is 1. The highest BCUT2D eigenvalue weighted by Gasteiger charge is 2.24. The van der Waals surface area contributed by atoms with E-state index in [1.54, 1.807) is 41.3 Å². The van der Waals surface area contributed by atoms with Crippen molar-refractivity contribution in [1.29, 1.82) is 0 Å². The molecule has 0 aliphatic heterocycles. The second-order valence-electron chi connectivity index (χ2n) is 6.07. The number of phenols is 1. The third-order valence-corrected chi connectivity index (χ3v) is 4.00. The van der Waals surface area contributed by atoms with E-state index in [4.69, 9.17) is 15.6 Å². The van der Waals surface area contributed by atoms with E-state index < -0.39 is 22.3 Å². The minimum Gasteiger partial charge on any atom is -0.502 e. The molecule has 0 saturated heterocycles. The molecular formula is C18H17N6O6+. The van der Waals surface area contributed by atoms with E-state index in [9.17, 15) is 14.8 Å². The Morgan fingerprint density at radius 3 is 2.73 bits per heavy atom. The maximum absolute atomic E-state index is 12.3. The lowest BCUT2D eigenvalue weighted by Crippen LogP contribution is -2.18. The van der Waals surface area contributed by atoms with Crippen LogP contribution in [0.1, 0.15) is 21.5 Å². The maximum atomic E-state index is 12.3. The van der Waals surface area contributed by atoms with Gasteiger partial charge in [-0.1, -0.05) is 12.1 Å². The number of hydrogen-bond acceptors (Lipinski definition) is 8. The van der Waals surface area contributed by atoms with Gasteiger partial charge in [0.1, 0.15) is 5.69 Å². The summed E-state index contributed by atoms with van der Waals surface area (Å²) >= 11 is 0. The van der Waals surface area contributed by atoms with Gasteiger partial charge in [-0.3, -0.25) is 19.9 Å². The van der Waals surface area contributed by atoms with Crippen molar-refractivity contribution >= 4 is 23.5 Å². The predicted octanol–water partition coefficient (Wildman–Crippen LogP) is 1.79. The first-order chi connectivity index (χ1) is 14.3. The lowest BCUT2D eigenvalue weighted by Gasteiger charge is -2.09. The van der Waals surface area contributed by atoms with Gasteiger partial charge in [0.15, 0.2) is 0 Å². The van der Waals surface area contributed by atoms with Gasteiger partial charge >= 0.3 is 5.69 Å². The van der Waals surface area contributed by atoms with E-state index in [0.717, 1.165) is 23.9 Å². The van der Waals surface area contributed by atoms with E-state index >= 15 is 0 Å². The first-order valence-corrected chi connectivity index (χ1v) is 8.46. The average molecular weight is 413 g/mol. The molecule has 1 amide bonds. The molecule has 3 rings (SSSR count). The Labute approximate surface area is 169 Å². The number of aromatic hydroxyl groups is 1. The zero-order chi connectivity index (χ0) is 21.7. The van der Waals surface area contributed by atoms with Gasteiger partial charge in [0.2, 0.25) is 5.75 Å². The van der Waals surface area contributed by atoms with Crippen LogP contribution in [-0.4, -0.2) is 47.6 Å². The van der Waals surface area contributed by atoms with Gasteiger partial charge < -0.3 is 5.11 Å². The number of carbonyl (C=O) groups is 1. The quantitative estimate of drug-likeness (QED) is 0.289. The second kappa shape index (κ2) is 8.81. The summed E-state index contributed by atoms with van der Waals surface area (Å²) in [5.41, 5.74) is 2.27. The molecule has 0 atom stereocenters. The van der Waals surface area contributed by atoms with Crippen LogP contribution in [0.5, 0.6) is 5.75 Å². The molecule has 3 aromatic rings. The Morgan fingerprint density at radius 1 is 1.27 bits per heavy atom. The van der Waals surface area contributed by atoms with Crippen molar-refractivity contribution in [3.63, 3.8) is 0 Å². The molecule has 2 aromatic carbocycles. The lowest BCUT2D eigenvalue weighted by molar-refractivity contribution is -0.730. The van der Waals surface area contributed by atoms with Crippen LogP contribution in [0, 0.1) is 4.91 Å². The highest BCUT2D eigenvalue weighted by molar-refractivity contribution is 5.95. The van der Waals surface area contributed by atoms with Crippen LogP contribution < -0.4 is 10.7 Å². The highest BCUT2D eigenvalue weighted by Crippen LogP contribution is 2.32. The minimum atomic E-state index is -0.683. The number of rotatable bonds is 7. The average Bonchev–Trinajstić information content (AvgIpc) is 3.22. The summed E-state index contributed by atoms with van der Waals surface area (Å²) in [5, 5.41) is 44.8. The largest absolute Gasteiger partial charge is 0.502 e. The number of anilines is 1. The molecule has 1 heterocycles. The first kappa shape index (κ1) is 20.4. The number of amides is 1. The van der Waals surface area contributed by atoms with Crippen LogP contribution in [0.2, 0.25) is 0 Å². The summed E-state index contributed by atoms with van der Waals surface area (Å²) in [4.78, 5) is 22.8. The smallest absolute Gasteiger partial charge is 0.360 e. The summed E-state index contributed by atoms with van der Waals surface area (Å²) < 4.78 is 1.70. The van der Waals surface area contributed by atoms with Crippen LogP contribution in [-0.2, 0) is 6.54 Å². The van der Waals surface area contributed by atoms with Crippen LogP contribution in [0.4, 0.5) is 11.4 Å². The van der Waals surface area contributed by atoms with Gasteiger partial charge in [0, 0.05) is 23.5 Å². The van der Waals surface area contributed by atoms with Crippen molar-refractivity contribution in [3.05, 3.63) is 76.5 Å². The van der Waals surface area contributed by atoms with Crippen molar-refractivity contribution in [2.24, 2.45) is 5.10 Å². The molecule has 154 valence electrons. The van der Waals surface area contributed by atoms with Crippen molar-refractivity contribution in [1.82, 2.24) is 15.2 Å². The third-order valence-electron chi connectivity index (χ3n) is 4.00. The third kappa shape index (κ3) is 4.76. The lowest BCUT2D eigenvalue weighted by atomic mass is 10.1. The molecule has 12 heteroatoms. The summed E-state index contributed by atoms with van der Waals surface area (Å²) in [7, 11) is 0. The van der Waals surface area contributed by atoms with E-state index in [1.165, 1.54) is 0 Å². The highest BCUT2D eigenvalue weighted by atomic mass is 16.8. The van der Waals surface area contributed by atoms with Crippen LogP contribution in [0.15, 0.2) is 60.0 Å². The minimum absolute atomic E-state index is 0.168. The zero-order valence-corrected chi connectivity index (χ0v) is 15.3. The Morgan fingerprint density at radius 2 is 2.07 bits per heavy atom. The predicted molar refractivity (Wildman–Crippen MR) is 102 cm³/mol. The van der Waals surface area contributed by atoms with Crippen molar-refractivity contribution in [3.8, 4) is 5.75 Å². The molecule has 0 fully saturated rings. The molecule has 1 aromatic heterocycles. The topological polar surface area (TPSA) is 164 Å². The molecule has 30 heavy (non-hydrogen) atoms. The molecule has 0 aliphatic carbocycles. The van der Waals surface area contributed by atoms with Crippen molar-refractivity contribution in [2.75, 3.05) is 5.23 Å². The standard InChI is InChI=1S/C18H16N6O6/c25-17-14(8-15(23(27)28)9-16(17)24(29)30)10-19-21-18(26)13-4-1-3-12(7-13)11-22-6-2-5-20-22/h1-10,27-28H,11H2,(H2-,19,21,25,26,29,30)/p+1. The maximum Gasteiger partial charge on any atom is 0.360 e. The molecule has 0 radical (unpaired) electrons. The Kier molecular flexibility index (Phi) is 6.00. The van der Waals surface area contributed by atoms with Gasteiger partial charge in [-0.05, 0) is 29.8 Å². The molecule has 0 unspecified atom stereocenters.